The summed E-state index contributed by atoms with van der Waals surface area (Å²) in [6.45, 7) is 5.69. The molecule has 0 fully saturated rings. The van der Waals surface area contributed by atoms with Crippen molar-refractivity contribution >= 4 is 10.2 Å². The van der Waals surface area contributed by atoms with Gasteiger partial charge in [0.05, 0.1) is 0 Å². The Balaban J connectivity index is 3.60. The van der Waals surface area contributed by atoms with Crippen LogP contribution in [0.2, 0.25) is 0 Å². The van der Waals surface area contributed by atoms with E-state index in [0.29, 0.717) is 13.1 Å². The first-order valence-electron chi connectivity index (χ1n) is 18.1. The third kappa shape index (κ3) is 32.1. The SMILES string of the molecule is CCCCCCCCC=CCCCCCCCCN(CCCCCCCCC=CCCCCCCCC)S(N)(=O)=O. The van der Waals surface area contributed by atoms with Crippen LogP contribution >= 0.6 is 0 Å². The normalized spacial score (nSPS) is 12.5. The fourth-order valence-corrected chi connectivity index (χ4v) is 6.20. The van der Waals surface area contributed by atoms with Crippen molar-refractivity contribution in [1.82, 2.24) is 4.31 Å². The number of allylic oxidation sites excluding steroid dienone is 4. The summed E-state index contributed by atoms with van der Waals surface area (Å²) < 4.78 is 25.5. The minimum Gasteiger partial charge on any atom is -0.216 e. The van der Waals surface area contributed by atoms with Crippen LogP contribution in [0.5, 0.6) is 0 Å². The smallest absolute Gasteiger partial charge is 0.216 e. The molecule has 244 valence electrons. The Kier molecular flexibility index (Phi) is 31.8. The average Bonchev–Trinajstić information content (AvgIpc) is 2.95. The topological polar surface area (TPSA) is 63.4 Å². The van der Waals surface area contributed by atoms with Gasteiger partial charge < -0.3 is 0 Å². The Morgan fingerprint density at radius 1 is 0.415 bits per heavy atom. The first kappa shape index (κ1) is 40.4. The third-order valence-corrected chi connectivity index (χ3v) is 9.28. The van der Waals surface area contributed by atoms with Crippen molar-refractivity contribution in [3.8, 4) is 0 Å². The molecule has 0 aromatic rings. The first-order chi connectivity index (χ1) is 20.0. The van der Waals surface area contributed by atoms with Crippen molar-refractivity contribution in [2.75, 3.05) is 13.1 Å². The highest BCUT2D eigenvalue weighted by molar-refractivity contribution is 7.86. The zero-order valence-corrected chi connectivity index (χ0v) is 28.6. The molecule has 0 radical (unpaired) electrons. The molecule has 0 bridgehead atoms. The van der Waals surface area contributed by atoms with Gasteiger partial charge in [0.1, 0.15) is 0 Å². The summed E-state index contributed by atoms with van der Waals surface area (Å²) >= 11 is 0. The van der Waals surface area contributed by atoms with Gasteiger partial charge in [0, 0.05) is 13.1 Å². The zero-order valence-electron chi connectivity index (χ0n) is 27.8. The van der Waals surface area contributed by atoms with Crippen molar-refractivity contribution < 1.29 is 8.42 Å². The van der Waals surface area contributed by atoms with Gasteiger partial charge in [-0.05, 0) is 64.2 Å². The summed E-state index contributed by atoms with van der Waals surface area (Å²) in [6.07, 6.45) is 44.8. The second-order valence-electron chi connectivity index (χ2n) is 12.3. The molecular weight excluding hydrogens is 524 g/mol. The Morgan fingerprint density at radius 2 is 0.659 bits per heavy atom. The summed E-state index contributed by atoms with van der Waals surface area (Å²) in [7, 11) is -3.59. The van der Waals surface area contributed by atoms with Gasteiger partial charge in [-0.3, -0.25) is 0 Å². The second kappa shape index (κ2) is 32.3. The van der Waals surface area contributed by atoms with E-state index in [-0.39, 0.29) is 0 Å². The summed E-state index contributed by atoms with van der Waals surface area (Å²) in [5.74, 6) is 0. The lowest BCUT2D eigenvalue weighted by Gasteiger charge is -2.19. The molecule has 0 unspecified atom stereocenters. The van der Waals surface area contributed by atoms with Crippen molar-refractivity contribution in [2.24, 2.45) is 5.14 Å². The van der Waals surface area contributed by atoms with Crippen LogP contribution in [0, 0.1) is 0 Å². The summed E-state index contributed by atoms with van der Waals surface area (Å²) in [5.41, 5.74) is 0. The molecule has 0 aromatic heterocycles. The van der Waals surface area contributed by atoms with Crippen LogP contribution in [0.15, 0.2) is 24.3 Å². The summed E-state index contributed by atoms with van der Waals surface area (Å²) in [4.78, 5) is 0. The van der Waals surface area contributed by atoms with Gasteiger partial charge in [0.2, 0.25) is 0 Å². The zero-order chi connectivity index (χ0) is 30.1. The Bertz CT molecular complexity index is 633. The molecule has 4 nitrogen and oxygen atoms in total. The Hall–Kier alpha value is -0.650. The largest absolute Gasteiger partial charge is 0.276 e. The molecule has 0 saturated carbocycles. The molecule has 0 saturated heterocycles. The molecular formula is C36H72N2O2S. The lowest BCUT2D eigenvalue weighted by molar-refractivity contribution is 0.384. The minimum atomic E-state index is -3.59. The van der Waals surface area contributed by atoms with E-state index < -0.39 is 10.2 Å². The van der Waals surface area contributed by atoms with Crippen LogP contribution in [-0.2, 0) is 10.2 Å². The van der Waals surface area contributed by atoms with Crippen LogP contribution in [-0.4, -0.2) is 25.8 Å². The van der Waals surface area contributed by atoms with Crippen LogP contribution in [0.4, 0.5) is 0 Å². The molecule has 0 aliphatic rings. The number of unbranched alkanes of at least 4 members (excludes halogenated alkanes) is 24. The van der Waals surface area contributed by atoms with E-state index in [2.05, 4.69) is 38.2 Å². The van der Waals surface area contributed by atoms with Crippen LogP contribution in [0.3, 0.4) is 0 Å². The number of nitrogens with zero attached hydrogens (tertiary/aromatic N) is 1. The molecule has 0 rings (SSSR count). The predicted molar refractivity (Wildman–Crippen MR) is 184 cm³/mol. The fourth-order valence-electron chi connectivity index (χ4n) is 5.44. The quantitative estimate of drug-likeness (QED) is 0.0605. The molecule has 0 heterocycles. The van der Waals surface area contributed by atoms with Gasteiger partial charge in [-0.2, -0.15) is 12.7 Å². The maximum absolute atomic E-state index is 12.0. The van der Waals surface area contributed by atoms with Crippen LogP contribution in [0.1, 0.15) is 194 Å². The predicted octanol–water partition coefficient (Wildman–Crippen LogP) is 11.6. The van der Waals surface area contributed by atoms with E-state index in [9.17, 15) is 8.42 Å². The highest BCUT2D eigenvalue weighted by atomic mass is 32.2. The number of rotatable bonds is 33. The van der Waals surface area contributed by atoms with E-state index >= 15 is 0 Å². The first-order valence-corrected chi connectivity index (χ1v) is 19.6. The molecule has 2 N–H and O–H groups in total. The van der Waals surface area contributed by atoms with Crippen LogP contribution < -0.4 is 5.14 Å². The van der Waals surface area contributed by atoms with E-state index in [0.717, 1.165) is 25.7 Å². The van der Waals surface area contributed by atoms with Crippen molar-refractivity contribution in [2.45, 2.75) is 194 Å². The van der Waals surface area contributed by atoms with Crippen LogP contribution in [0.25, 0.3) is 0 Å². The summed E-state index contributed by atoms with van der Waals surface area (Å²) in [6, 6.07) is 0. The molecule has 0 aliphatic heterocycles. The molecule has 5 heteroatoms. The number of hydrogen-bond acceptors (Lipinski definition) is 2. The van der Waals surface area contributed by atoms with E-state index in [1.807, 2.05) is 0 Å². The Labute approximate surface area is 258 Å². The average molecular weight is 597 g/mol. The fraction of sp³-hybridized carbons (Fsp3) is 0.889. The number of hydrogen-bond donors (Lipinski definition) is 1. The van der Waals surface area contributed by atoms with E-state index in [1.54, 1.807) is 0 Å². The van der Waals surface area contributed by atoms with Crippen molar-refractivity contribution in [3.63, 3.8) is 0 Å². The summed E-state index contributed by atoms with van der Waals surface area (Å²) in [5, 5.41) is 5.50. The van der Waals surface area contributed by atoms with Crippen molar-refractivity contribution in [3.05, 3.63) is 24.3 Å². The highest BCUT2D eigenvalue weighted by Crippen LogP contribution is 2.13. The molecule has 0 aliphatic carbocycles. The molecule has 0 aromatic carbocycles. The minimum absolute atomic E-state index is 0.574. The lowest BCUT2D eigenvalue weighted by atomic mass is 10.1. The van der Waals surface area contributed by atoms with Gasteiger partial charge in [-0.15, -0.1) is 0 Å². The maximum atomic E-state index is 12.0. The van der Waals surface area contributed by atoms with Gasteiger partial charge in [-0.25, -0.2) is 5.14 Å². The molecule has 0 spiro atoms. The Morgan fingerprint density at radius 3 is 0.927 bits per heavy atom. The maximum Gasteiger partial charge on any atom is 0.276 e. The van der Waals surface area contributed by atoms with Gasteiger partial charge in [0.15, 0.2) is 0 Å². The molecule has 0 amide bonds. The third-order valence-electron chi connectivity index (χ3n) is 8.20. The molecule has 41 heavy (non-hydrogen) atoms. The van der Waals surface area contributed by atoms with Gasteiger partial charge >= 0.3 is 0 Å². The molecule has 0 atom stereocenters. The second-order valence-corrected chi connectivity index (χ2v) is 13.9. The van der Waals surface area contributed by atoms with Gasteiger partial charge in [0.25, 0.3) is 10.2 Å². The van der Waals surface area contributed by atoms with E-state index in [1.165, 1.54) is 158 Å². The van der Waals surface area contributed by atoms with E-state index in [4.69, 9.17) is 5.14 Å². The number of nitrogens with two attached hydrogens (primary N) is 1. The highest BCUT2D eigenvalue weighted by Gasteiger charge is 2.15. The standard InChI is InChI=1S/C36H72N2O2S/c1-3-5-7-9-11-13-15-17-19-21-23-25-27-29-31-33-35-38(41(37,39)40)36-34-32-30-28-26-24-22-20-18-16-14-12-10-8-6-4-2/h17-20H,3-16,21-36H2,1-2H3,(H2,37,39,40). The lowest BCUT2D eigenvalue weighted by Crippen LogP contribution is -2.38. The van der Waals surface area contributed by atoms with Gasteiger partial charge in [-0.1, -0.05) is 154 Å². The monoisotopic (exact) mass is 597 g/mol. The van der Waals surface area contributed by atoms with Crippen molar-refractivity contribution in [1.29, 1.82) is 0 Å².